The number of pyridine rings is 2. The zero-order valence-electron chi connectivity index (χ0n) is 14.8. The van der Waals surface area contributed by atoms with Gasteiger partial charge in [0.2, 0.25) is 0 Å². The maximum atomic E-state index is 4.57. The van der Waals surface area contributed by atoms with Crippen LogP contribution in [0.3, 0.4) is 0 Å². The minimum Gasteiger partial charge on any atom is -0.357 e. The fourth-order valence-electron chi connectivity index (χ4n) is 2.51. The number of halogens is 1. The highest BCUT2D eigenvalue weighted by molar-refractivity contribution is 14.0. The molecule has 3 aromatic rings. The van der Waals surface area contributed by atoms with E-state index in [0.717, 1.165) is 49.1 Å². The van der Waals surface area contributed by atoms with Crippen molar-refractivity contribution in [3.05, 3.63) is 60.3 Å². The van der Waals surface area contributed by atoms with E-state index in [1.807, 2.05) is 47.0 Å². The summed E-state index contributed by atoms with van der Waals surface area (Å²) in [4.78, 5) is 8.86. The monoisotopic (exact) mass is 465 g/mol. The van der Waals surface area contributed by atoms with Crippen LogP contribution >= 0.6 is 24.0 Å². The molecule has 0 aliphatic heterocycles. The van der Waals surface area contributed by atoms with Gasteiger partial charge >= 0.3 is 0 Å². The first-order valence-corrected chi connectivity index (χ1v) is 8.57. The Kier molecular flexibility index (Phi) is 8.26. The Morgan fingerprint density at radius 2 is 2.00 bits per heavy atom. The second kappa shape index (κ2) is 10.7. The first-order chi connectivity index (χ1) is 12.4. The molecule has 0 fully saturated rings. The number of nitrogens with zero attached hydrogens (tertiary/aromatic N) is 5. The third-order valence-corrected chi connectivity index (χ3v) is 3.72. The van der Waals surface area contributed by atoms with E-state index in [1.54, 1.807) is 6.20 Å². The summed E-state index contributed by atoms with van der Waals surface area (Å²) in [5, 5.41) is 15.0. The minimum atomic E-state index is 0. The third kappa shape index (κ3) is 5.65. The maximum absolute atomic E-state index is 4.57. The summed E-state index contributed by atoms with van der Waals surface area (Å²) in [5.41, 5.74) is 1.84. The molecule has 8 heteroatoms. The standard InChI is InChI=1S/C18H23N7.HI/c1-2-19-18(22-14-15-8-3-5-11-20-15)21-12-7-10-17-24-23-16-9-4-6-13-25(16)17;/h3-6,8-9,11,13H,2,7,10,12,14H2,1H3,(H2,19,21,22);1H. The first-order valence-electron chi connectivity index (χ1n) is 8.57. The van der Waals surface area contributed by atoms with Crippen molar-refractivity contribution in [2.75, 3.05) is 13.1 Å². The summed E-state index contributed by atoms with van der Waals surface area (Å²) >= 11 is 0. The molecule has 0 atom stereocenters. The van der Waals surface area contributed by atoms with E-state index in [-0.39, 0.29) is 24.0 Å². The first kappa shape index (κ1) is 20.1. The summed E-state index contributed by atoms with van der Waals surface area (Å²) in [6.45, 7) is 4.25. The van der Waals surface area contributed by atoms with Crippen LogP contribution in [0.15, 0.2) is 53.8 Å². The van der Waals surface area contributed by atoms with Crippen LogP contribution in [-0.4, -0.2) is 38.6 Å². The summed E-state index contributed by atoms with van der Waals surface area (Å²) in [6, 6.07) is 11.8. The number of hydrogen-bond donors (Lipinski definition) is 2. The van der Waals surface area contributed by atoms with E-state index in [2.05, 4.69) is 37.7 Å². The summed E-state index contributed by atoms with van der Waals surface area (Å²) in [6.07, 6.45) is 5.59. The van der Waals surface area contributed by atoms with Gasteiger partial charge in [-0.2, -0.15) is 0 Å². The Balaban J connectivity index is 0.00000243. The molecule has 0 saturated carbocycles. The SMILES string of the molecule is CCNC(=NCc1ccccn1)NCCCc1nnc2ccccn12.I. The number of guanidine groups is 1. The van der Waals surface area contributed by atoms with Gasteiger partial charge in [0.05, 0.1) is 12.2 Å². The lowest BCUT2D eigenvalue weighted by atomic mass is 10.3. The minimum absolute atomic E-state index is 0. The molecule has 7 nitrogen and oxygen atoms in total. The van der Waals surface area contributed by atoms with Crippen molar-refractivity contribution < 1.29 is 0 Å². The van der Waals surface area contributed by atoms with Crippen LogP contribution in [0.5, 0.6) is 0 Å². The van der Waals surface area contributed by atoms with Crippen molar-refractivity contribution in [1.82, 2.24) is 30.2 Å². The van der Waals surface area contributed by atoms with E-state index in [0.29, 0.717) is 6.54 Å². The van der Waals surface area contributed by atoms with Crippen molar-refractivity contribution >= 4 is 35.6 Å². The zero-order valence-corrected chi connectivity index (χ0v) is 17.1. The molecular weight excluding hydrogens is 441 g/mol. The van der Waals surface area contributed by atoms with Gasteiger partial charge in [0, 0.05) is 31.9 Å². The van der Waals surface area contributed by atoms with Crippen LogP contribution in [0.4, 0.5) is 0 Å². The highest BCUT2D eigenvalue weighted by atomic mass is 127. The lowest BCUT2D eigenvalue weighted by Crippen LogP contribution is -2.37. The summed E-state index contributed by atoms with van der Waals surface area (Å²) in [7, 11) is 0. The van der Waals surface area contributed by atoms with Crippen molar-refractivity contribution in [3.8, 4) is 0 Å². The van der Waals surface area contributed by atoms with Gasteiger partial charge in [0.25, 0.3) is 0 Å². The molecule has 0 aliphatic carbocycles. The van der Waals surface area contributed by atoms with E-state index >= 15 is 0 Å². The molecule has 0 unspecified atom stereocenters. The Hall–Kier alpha value is -2.23. The zero-order chi connectivity index (χ0) is 17.3. The molecule has 3 rings (SSSR count). The Bertz CT molecular complexity index is 817. The lowest BCUT2D eigenvalue weighted by Gasteiger charge is -2.10. The predicted molar refractivity (Wildman–Crippen MR) is 114 cm³/mol. The molecule has 0 bridgehead atoms. The Morgan fingerprint density at radius 3 is 2.81 bits per heavy atom. The fourth-order valence-corrected chi connectivity index (χ4v) is 2.51. The highest BCUT2D eigenvalue weighted by Crippen LogP contribution is 2.04. The third-order valence-electron chi connectivity index (χ3n) is 3.72. The molecule has 0 saturated heterocycles. The van der Waals surface area contributed by atoms with Crippen molar-refractivity contribution in [2.24, 2.45) is 4.99 Å². The van der Waals surface area contributed by atoms with Crippen LogP contribution in [0.2, 0.25) is 0 Å². The molecule has 0 aromatic carbocycles. The van der Waals surface area contributed by atoms with Gasteiger partial charge < -0.3 is 10.6 Å². The molecule has 0 radical (unpaired) electrons. The fraction of sp³-hybridized carbons (Fsp3) is 0.333. The maximum Gasteiger partial charge on any atom is 0.191 e. The average Bonchev–Trinajstić information content (AvgIpc) is 3.07. The molecule has 2 N–H and O–H groups in total. The number of aliphatic imine (C=N–C) groups is 1. The number of fused-ring (bicyclic) bond motifs is 1. The Labute approximate surface area is 170 Å². The number of aryl methyl sites for hydroxylation is 1. The van der Waals surface area contributed by atoms with Crippen LogP contribution in [-0.2, 0) is 13.0 Å². The van der Waals surface area contributed by atoms with Crippen molar-refractivity contribution in [3.63, 3.8) is 0 Å². The summed E-state index contributed by atoms with van der Waals surface area (Å²) in [5.74, 6) is 1.78. The molecule has 0 amide bonds. The normalized spacial score (nSPS) is 11.2. The largest absolute Gasteiger partial charge is 0.357 e. The van der Waals surface area contributed by atoms with Crippen LogP contribution in [0.25, 0.3) is 5.65 Å². The highest BCUT2D eigenvalue weighted by Gasteiger charge is 2.04. The lowest BCUT2D eigenvalue weighted by molar-refractivity contribution is 0.714. The van der Waals surface area contributed by atoms with Crippen LogP contribution < -0.4 is 10.6 Å². The number of hydrogen-bond acceptors (Lipinski definition) is 4. The van der Waals surface area contributed by atoms with E-state index in [4.69, 9.17) is 0 Å². The van der Waals surface area contributed by atoms with Gasteiger partial charge in [-0.25, -0.2) is 4.99 Å². The van der Waals surface area contributed by atoms with E-state index in [1.165, 1.54) is 0 Å². The second-order valence-electron chi connectivity index (χ2n) is 5.59. The van der Waals surface area contributed by atoms with Crippen LogP contribution in [0, 0.1) is 0 Å². The predicted octanol–water partition coefficient (Wildman–Crippen LogP) is 2.43. The Morgan fingerprint density at radius 1 is 1.12 bits per heavy atom. The van der Waals surface area contributed by atoms with Crippen molar-refractivity contribution in [1.29, 1.82) is 0 Å². The second-order valence-corrected chi connectivity index (χ2v) is 5.59. The van der Waals surface area contributed by atoms with Crippen LogP contribution in [0.1, 0.15) is 24.9 Å². The molecule has 138 valence electrons. The van der Waals surface area contributed by atoms with Gasteiger partial charge in [0.15, 0.2) is 11.6 Å². The molecule has 0 spiro atoms. The van der Waals surface area contributed by atoms with Gasteiger partial charge in [-0.1, -0.05) is 12.1 Å². The molecular formula is C18H24IN7. The topological polar surface area (TPSA) is 79.5 Å². The quantitative estimate of drug-likeness (QED) is 0.243. The van der Waals surface area contributed by atoms with Crippen molar-refractivity contribution in [2.45, 2.75) is 26.3 Å². The number of aromatic nitrogens is 4. The van der Waals surface area contributed by atoms with Gasteiger partial charge in [0.1, 0.15) is 5.82 Å². The number of rotatable bonds is 7. The number of nitrogens with one attached hydrogen (secondary N) is 2. The molecule has 3 heterocycles. The average molecular weight is 465 g/mol. The van der Waals surface area contributed by atoms with E-state index < -0.39 is 0 Å². The molecule has 0 aliphatic rings. The molecule has 3 aromatic heterocycles. The van der Waals surface area contributed by atoms with Gasteiger partial charge in [-0.05, 0) is 37.6 Å². The van der Waals surface area contributed by atoms with E-state index in [9.17, 15) is 0 Å². The smallest absolute Gasteiger partial charge is 0.191 e. The summed E-state index contributed by atoms with van der Waals surface area (Å²) < 4.78 is 2.03. The molecule has 26 heavy (non-hydrogen) atoms. The van der Waals surface area contributed by atoms with Gasteiger partial charge in [-0.3, -0.25) is 9.38 Å². The van der Waals surface area contributed by atoms with Gasteiger partial charge in [-0.15, -0.1) is 34.2 Å².